The lowest BCUT2D eigenvalue weighted by molar-refractivity contribution is -0.150. The molecule has 0 radical (unpaired) electrons. The van der Waals surface area contributed by atoms with Crippen LogP contribution in [0.3, 0.4) is 0 Å². The van der Waals surface area contributed by atoms with Crippen LogP contribution in [-0.4, -0.2) is 57.3 Å². The number of sulfonamides is 1. The molecule has 1 aromatic heterocycles. The maximum absolute atomic E-state index is 12.4. The number of nitrogens with one attached hydrogen (secondary N) is 2. The molecule has 0 spiro atoms. The average Bonchev–Trinajstić information content (AvgIpc) is 3.26. The number of rotatable bonds is 9. The first-order chi connectivity index (χ1) is 14.9. The van der Waals surface area contributed by atoms with Gasteiger partial charge in [-0.1, -0.05) is 25.4 Å². The van der Waals surface area contributed by atoms with Gasteiger partial charge in [-0.3, -0.25) is 9.59 Å². The third-order valence-electron chi connectivity index (χ3n) is 4.29. The van der Waals surface area contributed by atoms with Gasteiger partial charge < -0.3 is 19.8 Å². The Labute approximate surface area is 190 Å². The number of furan rings is 1. The molecule has 1 aromatic carbocycles. The highest BCUT2D eigenvalue weighted by atomic mass is 35.5. The standard InChI is InChI=1S/C20H24ClN3O7S/c1-12(2)18(23-19(26)16-6-5-9-30-16)20(27)31-11-17(25)22-15-10-13(7-8-14(15)21)32(28,29)24(3)4/h5-10,12,18H,11H2,1-4H3,(H,22,25)(H,23,26)/t18-/m0/s1. The van der Waals surface area contributed by atoms with Crippen LogP contribution in [0, 0.1) is 5.92 Å². The number of amides is 2. The summed E-state index contributed by atoms with van der Waals surface area (Å²) in [7, 11) is -0.994. The van der Waals surface area contributed by atoms with E-state index in [1.807, 2.05) is 0 Å². The first-order valence-corrected chi connectivity index (χ1v) is 11.3. The number of esters is 1. The lowest BCUT2D eigenvalue weighted by Crippen LogP contribution is -2.45. The van der Waals surface area contributed by atoms with Gasteiger partial charge in [0.2, 0.25) is 10.0 Å². The Kier molecular flexibility index (Phi) is 8.42. The number of nitrogens with zero attached hydrogens (tertiary/aromatic N) is 1. The second-order valence-corrected chi connectivity index (χ2v) is 9.82. The topological polar surface area (TPSA) is 135 Å². The minimum absolute atomic E-state index is 0.0309. The Balaban J connectivity index is 2.02. The summed E-state index contributed by atoms with van der Waals surface area (Å²) < 4.78 is 35.6. The first kappa shape index (κ1) is 25.4. The fourth-order valence-electron chi connectivity index (χ4n) is 2.50. The molecule has 2 aromatic rings. The van der Waals surface area contributed by atoms with Crippen LogP contribution in [0.5, 0.6) is 0 Å². The Hall–Kier alpha value is -2.89. The van der Waals surface area contributed by atoms with Gasteiger partial charge in [0.1, 0.15) is 6.04 Å². The first-order valence-electron chi connectivity index (χ1n) is 9.46. The molecule has 0 aliphatic carbocycles. The van der Waals surface area contributed by atoms with Crippen molar-refractivity contribution in [3.8, 4) is 0 Å². The zero-order valence-corrected chi connectivity index (χ0v) is 19.5. The van der Waals surface area contributed by atoms with Gasteiger partial charge >= 0.3 is 5.97 Å². The molecule has 1 heterocycles. The number of anilines is 1. The van der Waals surface area contributed by atoms with Crippen LogP contribution in [-0.2, 0) is 24.3 Å². The molecule has 10 nitrogen and oxygen atoms in total. The second-order valence-electron chi connectivity index (χ2n) is 7.26. The number of halogens is 1. The van der Waals surface area contributed by atoms with Crippen LogP contribution in [0.4, 0.5) is 5.69 Å². The molecule has 0 saturated heterocycles. The molecular formula is C20H24ClN3O7S. The van der Waals surface area contributed by atoms with Crippen molar-refractivity contribution in [2.75, 3.05) is 26.0 Å². The molecule has 0 aliphatic rings. The van der Waals surface area contributed by atoms with Gasteiger partial charge in [-0.2, -0.15) is 0 Å². The number of benzene rings is 1. The van der Waals surface area contributed by atoms with E-state index in [4.69, 9.17) is 20.8 Å². The molecule has 2 rings (SSSR count). The number of carbonyl (C=O) groups is 3. The van der Waals surface area contributed by atoms with Crippen molar-refractivity contribution < 1.29 is 32.0 Å². The quantitative estimate of drug-likeness (QED) is 0.519. The summed E-state index contributed by atoms with van der Waals surface area (Å²) >= 11 is 6.04. The Morgan fingerprint density at radius 3 is 2.44 bits per heavy atom. The third-order valence-corrected chi connectivity index (χ3v) is 6.43. The van der Waals surface area contributed by atoms with E-state index in [9.17, 15) is 22.8 Å². The van der Waals surface area contributed by atoms with Gasteiger partial charge in [-0.25, -0.2) is 17.5 Å². The van der Waals surface area contributed by atoms with Crippen molar-refractivity contribution in [3.05, 3.63) is 47.4 Å². The molecule has 2 N–H and O–H groups in total. The second kappa shape index (κ2) is 10.6. The third kappa shape index (κ3) is 6.31. The van der Waals surface area contributed by atoms with Crippen LogP contribution in [0.15, 0.2) is 45.9 Å². The van der Waals surface area contributed by atoms with Crippen molar-refractivity contribution in [3.63, 3.8) is 0 Å². The predicted octanol–water partition coefficient (Wildman–Crippen LogP) is 2.12. The molecular weight excluding hydrogens is 462 g/mol. The highest BCUT2D eigenvalue weighted by molar-refractivity contribution is 7.89. The van der Waals surface area contributed by atoms with Crippen LogP contribution in [0.2, 0.25) is 5.02 Å². The molecule has 174 valence electrons. The highest BCUT2D eigenvalue weighted by Crippen LogP contribution is 2.26. The zero-order chi connectivity index (χ0) is 24.1. The van der Waals surface area contributed by atoms with Crippen molar-refractivity contribution in [1.82, 2.24) is 9.62 Å². The van der Waals surface area contributed by atoms with Crippen LogP contribution < -0.4 is 10.6 Å². The van der Waals surface area contributed by atoms with Gasteiger partial charge in [-0.15, -0.1) is 0 Å². The molecule has 0 bridgehead atoms. The summed E-state index contributed by atoms with van der Waals surface area (Å²) in [6, 6.07) is 5.81. The summed E-state index contributed by atoms with van der Waals surface area (Å²) in [6.45, 7) is 2.73. The van der Waals surface area contributed by atoms with Gasteiger partial charge in [0.25, 0.3) is 11.8 Å². The maximum atomic E-state index is 12.4. The van der Waals surface area contributed by atoms with E-state index in [1.54, 1.807) is 13.8 Å². The molecule has 0 aliphatic heterocycles. The van der Waals surface area contributed by atoms with Gasteiger partial charge in [0.05, 0.1) is 21.9 Å². The number of ether oxygens (including phenoxy) is 1. The van der Waals surface area contributed by atoms with Crippen LogP contribution in [0.1, 0.15) is 24.4 Å². The Bertz CT molecular complexity index is 1080. The lowest BCUT2D eigenvalue weighted by Gasteiger charge is -2.20. The normalized spacial score (nSPS) is 12.5. The van der Waals surface area contributed by atoms with E-state index < -0.39 is 40.5 Å². The van der Waals surface area contributed by atoms with E-state index in [1.165, 1.54) is 50.7 Å². The van der Waals surface area contributed by atoms with Crippen molar-refractivity contribution in [1.29, 1.82) is 0 Å². The minimum Gasteiger partial charge on any atom is -0.459 e. The molecule has 0 fully saturated rings. The van der Waals surface area contributed by atoms with Crippen LogP contribution in [0.25, 0.3) is 0 Å². The lowest BCUT2D eigenvalue weighted by atomic mass is 10.0. The van der Waals surface area contributed by atoms with E-state index in [0.717, 1.165) is 4.31 Å². The van der Waals surface area contributed by atoms with Gasteiger partial charge in [0, 0.05) is 14.1 Å². The summed E-state index contributed by atoms with van der Waals surface area (Å²) in [4.78, 5) is 36.7. The van der Waals surface area contributed by atoms with E-state index in [0.29, 0.717) is 0 Å². The number of carbonyl (C=O) groups excluding carboxylic acids is 3. The highest BCUT2D eigenvalue weighted by Gasteiger charge is 2.27. The Morgan fingerprint density at radius 1 is 1.19 bits per heavy atom. The molecule has 0 saturated carbocycles. The predicted molar refractivity (Wildman–Crippen MR) is 117 cm³/mol. The van der Waals surface area contributed by atoms with E-state index >= 15 is 0 Å². The Morgan fingerprint density at radius 2 is 1.88 bits per heavy atom. The van der Waals surface area contributed by atoms with Crippen molar-refractivity contribution in [2.24, 2.45) is 5.92 Å². The fraction of sp³-hybridized carbons (Fsp3) is 0.350. The molecule has 2 amide bonds. The maximum Gasteiger partial charge on any atom is 0.329 e. The number of hydrogen-bond donors (Lipinski definition) is 2. The summed E-state index contributed by atoms with van der Waals surface area (Å²) in [5, 5.41) is 5.02. The van der Waals surface area contributed by atoms with Crippen molar-refractivity contribution in [2.45, 2.75) is 24.8 Å². The zero-order valence-electron chi connectivity index (χ0n) is 17.9. The van der Waals surface area contributed by atoms with E-state index in [2.05, 4.69) is 10.6 Å². The molecule has 32 heavy (non-hydrogen) atoms. The van der Waals surface area contributed by atoms with Crippen LogP contribution >= 0.6 is 11.6 Å². The summed E-state index contributed by atoms with van der Waals surface area (Å²) in [5.41, 5.74) is 0.0437. The molecule has 12 heteroatoms. The van der Waals surface area contributed by atoms with Crippen molar-refractivity contribution >= 4 is 45.1 Å². The smallest absolute Gasteiger partial charge is 0.329 e. The largest absolute Gasteiger partial charge is 0.459 e. The molecule has 0 unspecified atom stereocenters. The minimum atomic E-state index is -3.74. The molecule has 1 atom stereocenters. The monoisotopic (exact) mass is 485 g/mol. The van der Waals surface area contributed by atoms with Gasteiger partial charge in [-0.05, 0) is 36.2 Å². The summed E-state index contributed by atoms with van der Waals surface area (Å²) in [6.07, 6.45) is 1.33. The van der Waals surface area contributed by atoms with E-state index in [-0.39, 0.29) is 27.3 Å². The SMILES string of the molecule is CC(C)[C@H](NC(=O)c1ccco1)C(=O)OCC(=O)Nc1cc(S(=O)(=O)N(C)C)ccc1Cl. The number of hydrogen-bond acceptors (Lipinski definition) is 7. The summed E-state index contributed by atoms with van der Waals surface area (Å²) in [5.74, 6) is -2.44. The van der Waals surface area contributed by atoms with Gasteiger partial charge in [0.15, 0.2) is 12.4 Å². The average molecular weight is 486 g/mol. The fourth-order valence-corrected chi connectivity index (χ4v) is 3.60.